The van der Waals surface area contributed by atoms with Crippen LogP contribution >= 0.6 is 23.2 Å². The number of ether oxygens (including phenoxy) is 1. The summed E-state index contributed by atoms with van der Waals surface area (Å²) < 4.78 is 31.1. The van der Waals surface area contributed by atoms with Crippen molar-refractivity contribution in [3.63, 3.8) is 0 Å². The Morgan fingerprint density at radius 3 is 2.18 bits per heavy atom. The summed E-state index contributed by atoms with van der Waals surface area (Å²) in [5, 5.41) is 3.35. The van der Waals surface area contributed by atoms with Crippen molar-refractivity contribution in [1.29, 1.82) is 0 Å². The van der Waals surface area contributed by atoms with Crippen molar-refractivity contribution in [2.45, 2.75) is 25.9 Å². The molecule has 0 aliphatic rings. The zero-order valence-corrected chi connectivity index (χ0v) is 18.1. The molecule has 0 saturated heterocycles. The van der Waals surface area contributed by atoms with Crippen LogP contribution in [0.3, 0.4) is 0 Å². The number of hydrogen-bond acceptors (Lipinski definition) is 4. The van der Waals surface area contributed by atoms with Gasteiger partial charge in [-0.3, -0.25) is 9.10 Å². The first-order chi connectivity index (χ1) is 13.2. The monoisotopic (exact) mass is 444 g/mol. The fraction of sp³-hybridized carbons (Fsp3) is 0.316. The van der Waals surface area contributed by atoms with E-state index >= 15 is 0 Å². The zero-order valence-electron chi connectivity index (χ0n) is 15.8. The lowest BCUT2D eigenvalue weighted by Gasteiger charge is -2.30. The van der Waals surface area contributed by atoms with Gasteiger partial charge in [-0.2, -0.15) is 0 Å². The number of nitrogens with one attached hydrogen (secondary N) is 1. The van der Waals surface area contributed by atoms with E-state index in [-0.39, 0.29) is 28.7 Å². The predicted octanol–water partition coefficient (Wildman–Crippen LogP) is 3.86. The Hall–Kier alpha value is -1.96. The van der Waals surface area contributed by atoms with Crippen LogP contribution in [-0.2, 0) is 21.4 Å². The van der Waals surface area contributed by atoms with Crippen LogP contribution < -0.4 is 14.4 Å². The molecule has 0 heterocycles. The van der Waals surface area contributed by atoms with Crippen LogP contribution in [0.2, 0.25) is 10.0 Å². The largest absolute Gasteiger partial charge is 0.497 e. The normalized spacial score (nSPS) is 12.3. The van der Waals surface area contributed by atoms with Crippen molar-refractivity contribution < 1.29 is 17.9 Å². The van der Waals surface area contributed by atoms with Crippen LogP contribution in [0.1, 0.15) is 18.9 Å². The van der Waals surface area contributed by atoms with E-state index in [1.807, 2.05) is 12.1 Å². The molecule has 0 spiro atoms. The lowest BCUT2D eigenvalue weighted by Crippen LogP contribution is -2.49. The quantitative estimate of drug-likeness (QED) is 0.670. The summed E-state index contributed by atoms with van der Waals surface area (Å²) in [4.78, 5) is 12.8. The maximum Gasteiger partial charge on any atom is 0.244 e. The summed E-state index contributed by atoms with van der Waals surface area (Å²) >= 11 is 12.0. The first-order valence-corrected chi connectivity index (χ1v) is 11.1. The van der Waals surface area contributed by atoms with Crippen LogP contribution in [-0.4, -0.2) is 33.7 Å². The van der Waals surface area contributed by atoms with Crippen LogP contribution in [0.15, 0.2) is 42.5 Å². The molecule has 0 aliphatic carbocycles. The molecule has 6 nitrogen and oxygen atoms in total. The fourth-order valence-electron chi connectivity index (χ4n) is 2.78. The number of methoxy groups -OCH3 is 1. The van der Waals surface area contributed by atoms with E-state index in [0.717, 1.165) is 16.1 Å². The highest BCUT2D eigenvalue weighted by atomic mass is 35.5. The topological polar surface area (TPSA) is 75.7 Å². The van der Waals surface area contributed by atoms with Crippen LogP contribution in [0.25, 0.3) is 0 Å². The van der Waals surface area contributed by atoms with Gasteiger partial charge in [0.05, 0.1) is 19.1 Å². The number of halogens is 2. The highest BCUT2D eigenvalue weighted by Crippen LogP contribution is 2.29. The molecule has 0 aliphatic heterocycles. The Morgan fingerprint density at radius 2 is 1.71 bits per heavy atom. The summed E-state index contributed by atoms with van der Waals surface area (Å²) in [7, 11) is -2.19. The second kappa shape index (κ2) is 9.49. The maximum absolute atomic E-state index is 12.8. The minimum atomic E-state index is -3.76. The molecule has 0 fully saturated rings. The maximum atomic E-state index is 12.8. The SMILES string of the molecule is CC[C@@H](C(=O)NCc1ccc(OC)cc1)N(c1cc(Cl)cc(Cl)c1)S(C)(=O)=O. The minimum Gasteiger partial charge on any atom is -0.497 e. The van der Waals surface area contributed by atoms with Gasteiger partial charge in [0.2, 0.25) is 15.9 Å². The molecule has 0 unspecified atom stereocenters. The molecule has 1 N–H and O–H groups in total. The van der Waals surface area contributed by atoms with Crippen molar-refractivity contribution in [3.8, 4) is 5.75 Å². The van der Waals surface area contributed by atoms with Crippen molar-refractivity contribution in [2.75, 3.05) is 17.7 Å². The van der Waals surface area contributed by atoms with E-state index in [1.165, 1.54) is 18.2 Å². The summed E-state index contributed by atoms with van der Waals surface area (Å²) in [6.45, 7) is 2.00. The zero-order chi connectivity index (χ0) is 20.9. The average molecular weight is 445 g/mol. The number of carbonyl (C=O) groups is 1. The van der Waals surface area contributed by atoms with Crippen molar-refractivity contribution >= 4 is 44.8 Å². The van der Waals surface area contributed by atoms with E-state index in [9.17, 15) is 13.2 Å². The van der Waals surface area contributed by atoms with E-state index in [0.29, 0.717) is 5.75 Å². The number of amides is 1. The molecule has 152 valence electrons. The molecule has 0 radical (unpaired) electrons. The van der Waals surface area contributed by atoms with E-state index in [2.05, 4.69) is 5.32 Å². The molecule has 2 aromatic rings. The summed E-state index contributed by atoms with van der Waals surface area (Å²) in [6, 6.07) is 10.7. The van der Waals surface area contributed by atoms with Gasteiger partial charge in [-0.1, -0.05) is 42.3 Å². The van der Waals surface area contributed by atoms with Gasteiger partial charge in [-0.05, 0) is 42.3 Å². The Bertz CT molecular complexity index is 913. The van der Waals surface area contributed by atoms with Gasteiger partial charge < -0.3 is 10.1 Å². The molecular formula is C19H22Cl2N2O4S. The molecule has 1 atom stereocenters. The number of benzene rings is 2. The Kier molecular flexibility index (Phi) is 7.57. The smallest absolute Gasteiger partial charge is 0.244 e. The molecule has 0 bridgehead atoms. The molecule has 1 amide bonds. The van der Waals surface area contributed by atoms with Gasteiger partial charge in [0.1, 0.15) is 11.8 Å². The molecule has 0 aromatic heterocycles. The Labute approximate surface area is 175 Å². The average Bonchev–Trinajstić information content (AvgIpc) is 2.62. The van der Waals surface area contributed by atoms with E-state index < -0.39 is 22.0 Å². The van der Waals surface area contributed by atoms with Gasteiger partial charge in [0, 0.05) is 16.6 Å². The molecular weight excluding hydrogens is 423 g/mol. The number of carbonyl (C=O) groups excluding carboxylic acids is 1. The van der Waals surface area contributed by atoms with E-state index in [4.69, 9.17) is 27.9 Å². The van der Waals surface area contributed by atoms with Gasteiger partial charge in [0.25, 0.3) is 0 Å². The minimum absolute atomic E-state index is 0.242. The third-order valence-corrected chi connectivity index (χ3v) is 5.67. The van der Waals surface area contributed by atoms with Crippen LogP contribution in [0, 0.1) is 0 Å². The Balaban J connectivity index is 2.25. The third-order valence-electron chi connectivity index (χ3n) is 4.06. The Morgan fingerprint density at radius 1 is 1.14 bits per heavy atom. The highest BCUT2D eigenvalue weighted by Gasteiger charge is 2.31. The molecule has 2 aromatic carbocycles. The number of nitrogens with zero attached hydrogens (tertiary/aromatic N) is 1. The lowest BCUT2D eigenvalue weighted by molar-refractivity contribution is -0.122. The van der Waals surface area contributed by atoms with Gasteiger partial charge in [-0.15, -0.1) is 0 Å². The fourth-order valence-corrected chi connectivity index (χ4v) is 4.49. The van der Waals surface area contributed by atoms with Crippen molar-refractivity contribution in [3.05, 3.63) is 58.1 Å². The van der Waals surface area contributed by atoms with E-state index in [1.54, 1.807) is 26.2 Å². The number of rotatable bonds is 8. The van der Waals surface area contributed by atoms with Gasteiger partial charge in [-0.25, -0.2) is 8.42 Å². The van der Waals surface area contributed by atoms with Crippen LogP contribution in [0.4, 0.5) is 5.69 Å². The summed E-state index contributed by atoms with van der Waals surface area (Å²) in [5.41, 5.74) is 1.10. The highest BCUT2D eigenvalue weighted by molar-refractivity contribution is 7.92. The van der Waals surface area contributed by atoms with Crippen molar-refractivity contribution in [1.82, 2.24) is 5.32 Å². The first kappa shape index (κ1) is 22.3. The second-order valence-electron chi connectivity index (χ2n) is 6.18. The predicted molar refractivity (Wildman–Crippen MR) is 113 cm³/mol. The molecule has 0 saturated carbocycles. The second-order valence-corrected chi connectivity index (χ2v) is 8.91. The number of anilines is 1. The number of sulfonamides is 1. The summed E-state index contributed by atoms with van der Waals surface area (Å²) in [5.74, 6) is 0.294. The standard InChI is InChI=1S/C19H22Cl2N2O4S/c1-4-18(19(24)22-12-13-5-7-17(27-2)8-6-13)23(28(3,25)26)16-10-14(20)9-15(21)11-16/h5-11,18H,4,12H2,1-3H3,(H,22,24)/t18-/m0/s1. The van der Waals surface area contributed by atoms with Crippen molar-refractivity contribution in [2.24, 2.45) is 0 Å². The molecule has 9 heteroatoms. The molecule has 28 heavy (non-hydrogen) atoms. The van der Waals surface area contributed by atoms with Crippen LogP contribution in [0.5, 0.6) is 5.75 Å². The van der Waals surface area contributed by atoms with Gasteiger partial charge in [0.15, 0.2) is 0 Å². The number of hydrogen-bond donors (Lipinski definition) is 1. The summed E-state index contributed by atoms with van der Waals surface area (Å²) in [6.07, 6.45) is 1.31. The molecule has 2 rings (SSSR count). The lowest BCUT2D eigenvalue weighted by atomic mass is 10.1. The first-order valence-electron chi connectivity index (χ1n) is 8.51. The van der Waals surface area contributed by atoms with Gasteiger partial charge >= 0.3 is 0 Å². The third kappa shape index (κ3) is 5.77.